The maximum atomic E-state index is 2.62. The highest BCUT2D eigenvalue weighted by Gasteiger charge is 2.45. The van der Waals surface area contributed by atoms with Crippen LogP contribution in [0.2, 0.25) is 0 Å². The van der Waals surface area contributed by atoms with Gasteiger partial charge in [0.1, 0.15) is 0 Å². The lowest BCUT2D eigenvalue weighted by molar-refractivity contribution is 0.507. The second kappa shape index (κ2) is 11.6. The van der Waals surface area contributed by atoms with Crippen LogP contribution in [0.1, 0.15) is 27.2 Å². The van der Waals surface area contributed by atoms with Gasteiger partial charge >= 0.3 is 0 Å². The number of benzene rings is 5. The molecule has 2 aromatic heterocycles. The molecule has 5 aromatic carbocycles. The Labute approximate surface area is 320 Å². The Balaban J connectivity index is 0.856. The minimum atomic E-state index is 0.406. The van der Waals surface area contributed by atoms with Gasteiger partial charge in [0.15, 0.2) is 0 Å². The van der Waals surface area contributed by atoms with Crippen molar-refractivity contribution in [1.82, 2.24) is 0 Å². The Hall–Kier alpha value is -4.32. The first-order valence-corrected chi connectivity index (χ1v) is 21.7. The van der Waals surface area contributed by atoms with Crippen molar-refractivity contribution < 1.29 is 0 Å². The summed E-state index contributed by atoms with van der Waals surface area (Å²) in [5, 5.41) is 5.67. The van der Waals surface area contributed by atoms with E-state index >= 15 is 0 Å². The number of thiophene rings is 2. The fourth-order valence-corrected chi connectivity index (χ4v) is 15.1. The summed E-state index contributed by atoms with van der Waals surface area (Å²) in [7, 11) is 0. The van der Waals surface area contributed by atoms with Gasteiger partial charge in [-0.3, -0.25) is 0 Å². The van der Waals surface area contributed by atoms with Crippen LogP contribution in [0.4, 0.5) is 0 Å². The van der Waals surface area contributed by atoms with Crippen LogP contribution in [0.15, 0.2) is 168 Å². The Bertz CT molecular complexity index is 2770. The summed E-state index contributed by atoms with van der Waals surface area (Å²) in [5.74, 6) is 1.45. The van der Waals surface area contributed by atoms with Crippen LogP contribution < -0.4 is 0 Å². The first-order chi connectivity index (χ1) is 25.7. The van der Waals surface area contributed by atoms with E-state index in [1.54, 1.807) is 4.88 Å². The molecule has 6 unspecified atom stereocenters. The Kier molecular flexibility index (Phi) is 6.72. The third kappa shape index (κ3) is 4.54. The minimum Gasteiger partial charge on any atom is -0.144 e. The number of thioether (sulfide) groups is 2. The molecule has 5 aliphatic rings. The van der Waals surface area contributed by atoms with E-state index in [1.165, 1.54) is 79.7 Å². The standard InChI is InChI=1S/C48H32S4/c1-3-7-27(8-4-1)29-11-19-41-37(23-29)33-15-17-35-39-25-31(13-21-43(39)51-47(35)45(33)49-41)32-14-22-44-40(26-32)36-18-16-34-38-24-30(28-9-5-2-6-10-28)12-20-42(38)50-46(34)48(36)52-44/h1-26,35,39-40,43-44,47H. The molecule has 0 N–H and O–H groups in total. The molecule has 0 nitrogen and oxygen atoms in total. The van der Waals surface area contributed by atoms with Gasteiger partial charge in [0, 0.05) is 73.5 Å². The van der Waals surface area contributed by atoms with Gasteiger partial charge in [-0.25, -0.2) is 0 Å². The Morgan fingerprint density at radius 3 is 1.96 bits per heavy atom. The van der Waals surface area contributed by atoms with E-state index in [-0.39, 0.29) is 0 Å². The van der Waals surface area contributed by atoms with Gasteiger partial charge in [0.05, 0.1) is 0 Å². The van der Waals surface area contributed by atoms with Gasteiger partial charge < -0.3 is 0 Å². The molecule has 1 fully saturated rings. The van der Waals surface area contributed by atoms with E-state index in [1.807, 2.05) is 22.7 Å². The maximum Gasteiger partial charge on any atom is 0.0494 e. The average molecular weight is 737 g/mol. The molecule has 0 saturated carbocycles. The molecule has 0 amide bonds. The lowest BCUT2D eigenvalue weighted by Crippen LogP contribution is -2.19. The summed E-state index contributed by atoms with van der Waals surface area (Å²) in [5.41, 5.74) is 10.9. The first kappa shape index (κ1) is 30.2. The van der Waals surface area contributed by atoms with E-state index in [9.17, 15) is 0 Å². The van der Waals surface area contributed by atoms with Crippen LogP contribution in [0.25, 0.3) is 58.6 Å². The fraction of sp³-hybridized carbons (Fsp3) is 0.125. The summed E-state index contributed by atoms with van der Waals surface area (Å²) in [6, 6.07) is 40.4. The predicted octanol–water partition coefficient (Wildman–Crippen LogP) is 14.3. The molecular formula is C48H32S4. The van der Waals surface area contributed by atoms with Crippen molar-refractivity contribution in [3.63, 3.8) is 0 Å². The van der Waals surface area contributed by atoms with Gasteiger partial charge in [0.2, 0.25) is 0 Å². The van der Waals surface area contributed by atoms with Crippen LogP contribution in [0.5, 0.6) is 0 Å². The second-order valence-electron chi connectivity index (χ2n) is 14.6. The van der Waals surface area contributed by atoms with Crippen molar-refractivity contribution in [2.45, 2.75) is 26.6 Å². The highest BCUT2D eigenvalue weighted by Crippen LogP contribution is 2.61. The zero-order valence-electron chi connectivity index (χ0n) is 28.1. The summed E-state index contributed by atoms with van der Waals surface area (Å²) >= 11 is 8.24. The zero-order chi connectivity index (χ0) is 33.9. The van der Waals surface area contributed by atoms with Crippen LogP contribution in [-0.4, -0.2) is 10.5 Å². The maximum absolute atomic E-state index is 2.62. The van der Waals surface area contributed by atoms with Crippen molar-refractivity contribution in [2.75, 3.05) is 0 Å². The third-order valence-corrected chi connectivity index (χ3v) is 17.6. The van der Waals surface area contributed by atoms with Crippen LogP contribution in [0, 0.1) is 11.8 Å². The Morgan fingerprint density at radius 1 is 0.500 bits per heavy atom. The van der Waals surface area contributed by atoms with Gasteiger partial charge in [-0.15, -0.1) is 46.2 Å². The molecule has 4 heterocycles. The van der Waals surface area contributed by atoms with Crippen molar-refractivity contribution >= 4 is 82.5 Å². The van der Waals surface area contributed by atoms with Gasteiger partial charge in [-0.05, 0) is 68.8 Å². The number of allylic oxidation sites excluding steroid dienone is 7. The highest BCUT2D eigenvalue weighted by atomic mass is 32.2. The lowest BCUT2D eigenvalue weighted by atomic mass is 9.78. The summed E-state index contributed by atoms with van der Waals surface area (Å²) in [6.45, 7) is 0. The third-order valence-electron chi connectivity index (χ3n) is 11.8. The first-order valence-electron chi connectivity index (χ1n) is 18.2. The predicted molar refractivity (Wildman–Crippen MR) is 229 cm³/mol. The summed E-state index contributed by atoms with van der Waals surface area (Å²) in [4.78, 5) is 3.06. The van der Waals surface area contributed by atoms with Gasteiger partial charge in [0.25, 0.3) is 0 Å². The van der Waals surface area contributed by atoms with Gasteiger partial charge in [-0.1, -0.05) is 134 Å². The Morgan fingerprint density at radius 2 is 1.19 bits per heavy atom. The molecule has 1 saturated heterocycles. The minimum absolute atomic E-state index is 0.406. The fourth-order valence-electron chi connectivity index (χ4n) is 9.20. The number of hydrogen-bond acceptors (Lipinski definition) is 4. The number of hydrogen-bond donors (Lipinski definition) is 0. The molecular weight excluding hydrogens is 705 g/mol. The molecule has 0 bridgehead atoms. The van der Waals surface area contributed by atoms with E-state index in [0.29, 0.717) is 33.5 Å². The van der Waals surface area contributed by atoms with Crippen molar-refractivity contribution in [3.05, 3.63) is 179 Å². The normalized spacial score (nSPS) is 25.2. The smallest absolute Gasteiger partial charge is 0.0494 e. The van der Waals surface area contributed by atoms with E-state index < -0.39 is 0 Å². The van der Waals surface area contributed by atoms with Gasteiger partial charge in [-0.2, -0.15) is 0 Å². The van der Waals surface area contributed by atoms with Crippen molar-refractivity contribution in [1.29, 1.82) is 0 Å². The largest absolute Gasteiger partial charge is 0.144 e. The van der Waals surface area contributed by atoms with Crippen LogP contribution in [0.3, 0.4) is 0 Å². The molecule has 7 aromatic rings. The number of fused-ring (bicyclic) bond motifs is 14. The molecule has 3 aliphatic carbocycles. The zero-order valence-corrected chi connectivity index (χ0v) is 31.4. The summed E-state index contributed by atoms with van der Waals surface area (Å²) in [6.07, 6.45) is 20.0. The van der Waals surface area contributed by atoms with E-state index in [2.05, 4.69) is 181 Å². The molecule has 2 aliphatic heterocycles. The molecule has 12 rings (SSSR count). The molecule has 4 heteroatoms. The summed E-state index contributed by atoms with van der Waals surface area (Å²) < 4.78 is 4.24. The number of rotatable bonds is 3. The molecule has 52 heavy (non-hydrogen) atoms. The second-order valence-corrected chi connectivity index (χ2v) is 19.3. The van der Waals surface area contributed by atoms with Crippen LogP contribution >= 0.6 is 46.2 Å². The molecule has 0 radical (unpaired) electrons. The van der Waals surface area contributed by atoms with Crippen molar-refractivity contribution in [2.24, 2.45) is 11.8 Å². The van der Waals surface area contributed by atoms with Crippen molar-refractivity contribution in [3.8, 4) is 22.3 Å². The SMILES string of the molecule is C1=CC2Sc3c(ccc4c3sc3ccc(-c5ccccc5)cc34)C2C=C1C1=CC2C(C=C1)SC1c3sc4ccc(-c5ccccc5)cc4c3C=CC12. The molecule has 0 spiro atoms. The molecule has 6 atom stereocenters. The quantitative estimate of drug-likeness (QED) is 0.177. The lowest BCUT2D eigenvalue weighted by Gasteiger charge is -2.26. The van der Waals surface area contributed by atoms with Crippen LogP contribution in [-0.2, 0) is 0 Å². The topological polar surface area (TPSA) is 0 Å². The average Bonchev–Trinajstić information content (AvgIpc) is 3.97. The highest BCUT2D eigenvalue weighted by molar-refractivity contribution is 8.01. The molecule has 248 valence electrons. The van der Waals surface area contributed by atoms with E-state index in [0.717, 1.165) is 0 Å². The van der Waals surface area contributed by atoms with E-state index in [4.69, 9.17) is 0 Å². The monoisotopic (exact) mass is 736 g/mol.